The second-order valence-electron chi connectivity index (χ2n) is 4.09. The summed E-state index contributed by atoms with van der Waals surface area (Å²) in [7, 11) is 0. The van der Waals surface area contributed by atoms with Crippen LogP contribution >= 0.6 is 34.2 Å². The molecule has 0 unspecified atom stereocenters. The van der Waals surface area contributed by atoms with Gasteiger partial charge in [-0.15, -0.1) is 0 Å². The normalized spacial score (nSPS) is 10.3. The molecule has 0 aliphatic heterocycles. The van der Waals surface area contributed by atoms with Gasteiger partial charge in [-0.3, -0.25) is 0 Å². The average molecular weight is 406 g/mol. The second-order valence-corrected chi connectivity index (χ2v) is 5.69. The predicted octanol–water partition coefficient (Wildman–Crippen LogP) is 4.39. The van der Waals surface area contributed by atoms with Crippen LogP contribution in [0.25, 0.3) is 0 Å². The first-order valence-electron chi connectivity index (χ1n) is 5.68. The SMILES string of the molecule is O=C(O)c1ccc(F)c(CNc2ccc(Cl)cc2I)c1. The first kappa shape index (κ1) is 15.1. The molecule has 104 valence electrons. The molecule has 2 aromatic carbocycles. The van der Waals surface area contributed by atoms with Gasteiger partial charge in [0.2, 0.25) is 0 Å². The number of anilines is 1. The molecule has 2 N–H and O–H groups in total. The van der Waals surface area contributed by atoms with Crippen molar-refractivity contribution < 1.29 is 14.3 Å². The minimum atomic E-state index is -1.08. The van der Waals surface area contributed by atoms with Crippen molar-refractivity contribution in [1.29, 1.82) is 0 Å². The lowest BCUT2D eigenvalue weighted by Crippen LogP contribution is -2.05. The zero-order chi connectivity index (χ0) is 14.7. The van der Waals surface area contributed by atoms with Gasteiger partial charge < -0.3 is 10.4 Å². The van der Waals surface area contributed by atoms with Gasteiger partial charge in [-0.1, -0.05) is 11.6 Å². The van der Waals surface area contributed by atoms with Crippen LogP contribution in [0.4, 0.5) is 10.1 Å². The zero-order valence-electron chi connectivity index (χ0n) is 10.2. The molecule has 0 atom stereocenters. The van der Waals surface area contributed by atoms with Crippen LogP contribution in [0.2, 0.25) is 5.02 Å². The minimum absolute atomic E-state index is 0.0639. The second kappa shape index (κ2) is 6.41. The Labute approximate surface area is 133 Å². The summed E-state index contributed by atoms with van der Waals surface area (Å²) in [6.07, 6.45) is 0. The van der Waals surface area contributed by atoms with Crippen LogP contribution in [0.15, 0.2) is 36.4 Å². The number of carboxylic acids is 1. The van der Waals surface area contributed by atoms with E-state index in [1.807, 2.05) is 0 Å². The summed E-state index contributed by atoms with van der Waals surface area (Å²) in [4.78, 5) is 10.9. The molecule has 3 nitrogen and oxygen atoms in total. The van der Waals surface area contributed by atoms with Crippen molar-refractivity contribution in [2.45, 2.75) is 6.54 Å². The smallest absolute Gasteiger partial charge is 0.335 e. The van der Waals surface area contributed by atoms with Crippen molar-refractivity contribution in [3.63, 3.8) is 0 Å². The van der Waals surface area contributed by atoms with Crippen LogP contribution in [0.1, 0.15) is 15.9 Å². The lowest BCUT2D eigenvalue weighted by Gasteiger charge is -2.10. The number of nitrogens with one attached hydrogen (secondary N) is 1. The number of hydrogen-bond acceptors (Lipinski definition) is 2. The molecule has 0 saturated heterocycles. The molecule has 0 bridgehead atoms. The molecule has 2 aromatic rings. The Hall–Kier alpha value is -1.34. The molecule has 0 aromatic heterocycles. The third-order valence-corrected chi connectivity index (χ3v) is 3.82. The van der Waals surface area contributed by atoms with Crippen LogP contribution in [-0.4, -0.2) is 11.1 Å². The molecule has 0 saturated carbocycles. The van der Waals surface area contributed by atoms with Crippen LogP contribution in [0, 0.1) is 9.39 Å². The summed E-state index contributed by atoms with van der Waals surface area (Å²) >= 11 is 7.98. The Kier molecular flexibility index (Phi) is 4.82. The molecule has 0 radical (unpaired) electrons. The van der Waals surface area contributed by atoms with E-state index in [9.17, 15) is 9.18 Å². The molecule has 0 aliphatic rings. The molecule has 0 aliphatic carbocycles. The highest BCUT2D eigenvalue weighted by Crippen LogP contribution is 2.23. The van der Waals surface area contributed by atoms with Gasteiger partial charge in [0, 0.05) is 26.4 Å². The highest BCUT2D eigenvalue weighted by atomic mass is 127. The number of carboxylic acid groups (broad SMARTS) is 1. The Morgan fingerprint density at radius 3 is 2.70 bits per heavy atom. The van der Waals surface area contributed by atoms with E-state index in [1.54, 1.807) is 18.2 Å². The van der Waals surface area contributed by atoms with Gasteiger partial charge in [-0.05, 0) is 59.0 Å². The Morgan fingerprint density at radius 1 is 1.30 bits per heavy atom. The molecule has 0 spiro atoms. The van der Waals surface area contributed by atoms with Crippen molar-refractivity contribution in [2.75, 3.05) is 5.32 Å². The van der Waals surface area contributed by atoms with E-state index in [2.05, 4.69) is 27.9 Å². The topological polar surface area (TPSA) is 49.3 Å². The Balaban J connectivity index is 2.18. The molecule has 0 amide bonds. The van der Waals surface area contributed by atoms with Gasteiger partial charge >= 0.3 is 5.97 Å². The van der Waals surface area contributed by atoms with Crippen LogP contribution in [0.5, 0.6) is 0 Å². The van der Waals surface area contributed by atoms with E-state index in [0.717, 1.165) is 15.3 Å². The largest absolute Gasteiger partial charge is 0.478 e. The van der Waals surface area contributed by atoms with Crippen molar-refractivity contribution in [2.24, 2.45) is 0 Å². The van der Waals surface area contributed by atoms with Crippen molar-refractivity contribution >= 4 is 45.8 Å². The average Bonchev–Trinajstić information content (AvgIpc) is 2.39. The molecule has 0 fully saturated rings. The third-order valence-electron chi connectivity index (χ3n) is 2.69. The quantitative estimate of drug-likeness (QED) is 0.742. The van der Waals surface area contributed by atoms with Crippen molar-refractivity contribution in [3.05, 3.63) is 61.9 Å². The maximum absolute atomic E-state index is 13.6. The summed E-state index contributed by atoms with van der Waals surface area (Å²) in [5, 5.41) is 12.6. The highest BCUT2D eigenvalue weighted by molar-refractivity contribution is 14.1. The lowest BCUT2D eigenvalue weighted by atomic mass is 10.1. The summed E-state index contributed by atoms with van der Waals surface area (Å²) in [6, 6.07) is 9.04. The van der Waals surface area contributed by atoms with Gasteiger partial charge in [-0.25, -0.2) is 9.18 Å². The molecular formula is C14H10ClFINO2. The van der Waals surface area contributed by atoms with E-state index in [-0.39, 0.29) is 12.1 Å². The van der Waals surface area contributed by atoms with Gasteiger partial charge in [-0.2, -0.15) is 0 Å². The number of benzene rings is 2. The van der Waals surface area contributed by atoms with E-state index < -0.39 is 11.8 Å². The van der Waals surface area contributed by atoms with Gasteiger partial charge in [0.25, 0.3) is 0 Å². The zero-order valence-corrected chi connectivity index (χ0v) is 13.1. The van der Waals surface area contributed by atoms with Crippen molar-refractivity contribution in [1.82, 2.24) is 0 Å². The van der Waals surface area contributed by atoms with Crippen molar-refractivity contribution in [3.8, 4) is 0 Å². The number of hydrogen-bond donors (Lipinski definition) is 2. The number of aromatic carboxylic acids is 1. The summed E-state index contributed by atoms with van der Waals surface area (Å²) in [6.45, 7) is 0.199. The Morgan fingerprint density at radius 2 is 2.05 bits per heavy atom. The fourth-order valence-corrected chi connectivity index (χ4v) is 2.73. The van der Waals surface area contributed by atoms with Gasteiger partial charge in [0.15, 0.2) is 0 Å². The monoisotopic (exact) mass is 405 g/mol. The lowest BCUT2D eigenvalue weighted by molar-refractivity contribution is 0.0696. The van der Waals surface area contributed by atoms with Gasteiger partial charge in [0.1, 0.15) is 5.82 Å². The van der Waals surface area contributed by atoms with Crippen LogP contribution < -0.4 is 5.32 Å². The maximum atomic E-state index is 13.6. The third kappa shape index (κ3) is 3.61. The molecule has 2 rings (SSSR count). The van der Waals surface area contributed by atoms with Crippen LogP contribution in [-0.2, 0) is 6.54 Å². The summed E-state index contributed by atoms with van der Waals surface area (Å²) < 4.78 is 14.6. The van der Waals surface area contributed by atoms with E-state index in [0.29, 0.717) is 10.6 Å². The molecule has 6 heteroatoms. The number of halogens is 3. The first-order valence-corrected chi connectivity index (χ1v) is 7.13. The van der Waals surface area contributed by atoms with Gasteiger partial charge in [0.05, 0.1) is 5.56 Å². The number of rotatable bonds is 4. The standard InChI is InChI=1S/C14H10ClFINO2/c15-10-2-4-13(12(17)6-10)18-7-9-5-8(14(19)20)1-3-11(9)16/h1-6,18H,7H2,(H,19,20). The minimum Gasteiger partial charge on any atom is -0.478 e. The van der Waals surface area contributed by atoms with Crippen LogP contribution in [0.3, 0.4) is 0 Å². The molecule has 0 heterocycles. The Bertz CT molecular complexity index is 664. The van der Waals surface area contributed by atoms with E-state index >= 15 is 0 Å². The van der Waals surface area contributed by atoms with E-state index in [4.69, 9.17) is 16.7 Å². The number of carbonyl (C=O) groups is 1. The maximum Gasteiger partial charge on any atom is 0.335 e. The summed E-state index contributed by atoms with van der Waals surface area (Å²) in [5.41, 5.74) is 1.18. The van der Waals surface area contributed by atoms with E-state index in [1.165, 1.54) is 12.1 Å². The predicted molar refractivity (Wildman–Crippen MR) is 84.9 cm³/mol. The molecular weight excluding hydrogens is 396 g/mol. The summed E-state index contributed by atoms with van der Waals surface area (Å²) in [5.74, 6) is -1.52. The highest BCUT2D eigenvalue weighted by Gasteiger charge is 2.09. The fourth-order valence-electron chi connectivity index (χ4n) is 1.67. The fraction of sp³-hybridized carbons (Fsp3) is 0.0714. The molecule has 20 heavy (non-hydrogen) atoms. The first-order chi connectivity index (χ1) is 9.47.